The number of nitrogens with zero attached hydrogens (tertiary/aromatic N) is 1. The lowest BCUT2D eigenvalue weighted by Crippen LogP contribution is -2.31. The Morgan fingerprint density at radius 3 is 2.32 bits per heavy atom. The van der Waals surface area contributed by atoms with Crippen LogP contribution in [-0.2, 0) is 11.2 Å². The maximum Gasteiger partial charge on any atom is 0.246 e. The molecule has 1 atom stereocenters. The van der Waals surface area contributed by atoms with E-state index in [2.05, 4.69) is 16.7 Å². The van der Waals surface area contributed by atoms with Gasteiger partial charge >= 0.3 is 0 Å². The second-order valence-corrected chi connectivity index (χ2v) is 5.33. The Hall–Kier alpha value is -2.51. The quantitative estimate of drug-likeness (QED) is 0.881. The number of hydrogen-bond acceptors (Lipinski definition) is 3. The lowest BCUT2D eigenvalue weighted by atomic mass is 10.1. The first kappa shape index (κ1) is 15.9. The number of nitriles is 1. The maximum atomic E-state index is 12.1. The second-order valence-electron chi connectivity index (χ2n) is 4.89. The molecular formula is C17H16ClN3O. The van der Waals surface area contributed by atoms with Crippen LogP contribution in [0.5, 0.6) is 0 Å². The summed E-state index contributed by atoms with van der Waals surface area (Å²) in [6, 6.07) is 16.1. The van der Waals surface area contributed by atoms with Gasteiger partial charge in [-0.25, -0.2) is 0 Å². The molecule has 0 aliphatic heterocycles. The first-order valence-electron chi connectivity index (χ1n) is 6.87. The van der Waals surface area contributed by atoms with Gasteiger partial charge in [0.15, 0.2) is 0 Å². The summed E-state index contributed by atoms with van der Waals surface area (Å²) in [5.41, 5.74) is 2.49. The van der Waals surface area contributed by atoms with Crippen LogP contribution in [-0.4, -0.2) is 11.9 Å². The van der Waals surface area contributed by atoms with Gasteiger partial charge in [-0.05, 0) is 48.9 Å². The molecule has 0 aliphatic rings. The SMILES string of the molecule is CC(Nc1ccc(CC#N)cc1)C(=O)Nc1ccc(Cl)cc1. The predicted molar refractivity (Wildman–Crippen MR) is 88.9 cm³/mol. The van der Waals surface area contributed by atoms with Crippen molar-refractivity contribution in [1.82, 2.24) is 0 Å². The van der Waals surface area contributed by atoms with E-state index in [4.69, 9.17) is 16.9 Å². The Balaban J connectivity index is 1.93. The molecule has 0 radical (unpaired) electrons. The number of rotatable bonds is 5. The molecule has 0 saturated heterocycles. The number of anilines is 2. The average Bonchev–Trinajstić information content (AvgIpc) is 2.51. The minimum atomic E-state index is -0.391. The molecule has 2 aromatic rings. The smallest absolute Gasteiger partial charge is 0.246 e. The molecule has 2 aromatic carbocycles. The van der Waals surface area contributed by atoms with Crippen molar-refractivity contribution in [3.8, 4) is 6.07 Å². The fraction of sp³-hybridized carbons (Fsp3) is 0.176. The molecule has 2 rings (SSSR count). The molecule has 0 fully saturated rings. The van der Waals surface area contributed by atoms with Crippen LogP contribution in [0.15, 0.2) is 48.5 Å². The second kappa shape index (κ2) is 7.48. The third kappa shape index (κ3) is 4.51. The van der Waals surface area contributed by atoms with Crippen LogP contribution in [0.2, 0.25) is 5.02 Å². The number of nitrogens with one attached hydrogen (secondary N) is 2. The van der Waals surface area contributed by atoms with Gasteiger partial charge in [0.2, 0.25) is 5.91 Å². The Kier molecular flexibility index (Phi) is 5.40. The topological polar surface area (TPSA) is 64.9 Å². The van der Waals surface area contributed by atoms with Gasteiger partial charge < -0.3 is 10.6 Å². The van der Waals surface area contributed by atoms with Gasteiger partial charge in [-0.3, -0.25) is 4.79 Å². The molecule has 22 heavy (non-hydrogen) atoms. The standard InChI is InChI=1S/C17H16ClN3O/c1-12(17(22)21-16-8-4-14(18)5-9-16)20-15-6-2-13(3-7-15)10-11-19/h2-9,12,20H,10H2,1H3,(H,21,22). The highest BCUT2D eigenvalue weighted by Crippen LogP contribution is 2.15. The van der Waals surface area contributed by atoms with E-state index in [0.717, 1.165) is 11.3 Å². The average molecular weight is 314 g/mol. The van der Waals surface area contributed by atoms with E-state index in [1.165, 1.54) is 0 Å². The molecule has 2 N–H and O–H groups in total. The summed E-state index contributed by atoms with van der Waals surface area (Å²) in [6.45, 7) is 1.79. The summed E-state index contributed by atoms with van der Waals surface area (Å²) in [6.07, 6.45) is 0.382. The van der Waals surface area contributed by atoms with Crippen LogP contribution in [0.25, 0.3) is 0 Å². The summed E-state index contributed by atoms with van der Waals surface area (Å²) in [5, 5.41) is 15.2. The van der Waals surface area contributed by atoms with Crippen LogP contribution in [0.4, 0.5) is 11.4 Å². The highest BCUT2D eigenvalue weighted by molar-refractivity contribution is 6.30. The summed E-state index contributed by atoms with van der Waals surface area (Å²) in [7, 11) is 0. The first-order valence-corrected chi connectivity index (χ1v) is 7.25. The summed E-state index contributed by atoms with van der Waals surface area (Å²) < 4.78 is 0. The molecule has 4 nitrogen and oxygen atoms in total. The Morgan fingerprint density at radius 2 is 1.73 bits per heavy atom. The minimum Gasteiger partial charge on any atom is -0.374 e. The van der Waals surface area contributed by atoms with Crippen molar-refractivity contribution >= 4 is 28.9 Å². The number of hydrogen-bond donors (Lipinski definition) is 2. The number of carbonyl (C=O) groups excluding carboxylic acids is 1. The molecule has 0 bridgehead atoms. The first-order chi connectivity index (χ1) is 10.6. The summed E-state index contributed by atoms with van der Waals surface area (Å²) >= 11 is 5.81. The van der Waals surface area contributed by atoms with Gasteiger partial charge in [0.25, 0.3) is 0 Å². The van der Waals surface area contributed by atoms with Crippen LogP contribution < -0.4 is 10.6 Å². The van der Waals surface area contributed by atoms with Crippen molar-refractivity contribution in [2.24, 2.45) is 0 Å². The number of carbonyl (C=O) groups is 1. The lowest BCUT2D eigenvalue weighted by Gasteiger charge is -2.15. The van der Waals surface area contributed by atoms with E-state index >= 15 is 0 Å². The largest absolute Gasteiger partial charge is 0.374 e. The molecular weight excluding hydrogens is 298 g/mol. The highest BCUT2D eigenvalue weighted by atomic mass is 35.5. The Labute approximate surface area is 134 Å². The zero-order valence-electron chi connectivity index (χ0n) is 12.1. The zero-order chi connectivity index (χ0) is 15.9. The predicted octanol–water partition coefficient (Wildman–Crippen LogP) is 3.85. The third-order valence-corrected chi connectivity index (χ3v) is 3.38. The monoisotopic (exact) mass is 313 g/mol. The molecule has 0 aliphatic carbocycles. The van der Waals surface area contributed by atoms with Crippen LogP contribution >= 0.6 is 11.6 Å². The molecule has 1 unspecified atom stereocenters. The number of amides is 1. The van der Waals surface area contributed by atoms with E-state index in [1.54, 1.807) is 31.2 Å². The summed E-state index contributed by atoms with van der Waals surface area (Å²) in [5.74, 6) is -0.136. The molecule has 0 aromatic heterocycles. The molecule has 0 spiro atoms. The van der Waals surface area contributed by atoms with E-state index in [0.29, 0.717) is 17.1 Å². The normalized spacial score (nSPS) is 11.3. The third-order valence-electron chi connectivity index (χ3n) is 3.13. The van der Waals surface area contributed by atoms with Crippen molar-refractivity contribution in [1.29, 1.82) is 5.26 Å². The number of halogens is 1. The fourth-order valence-corrected chi connectivity index (χ4v) is 2.04. The van der Waals surface area contributed by atoms with E-state index in [-0.39, 0.29) is 5.91 Å². The van der Waals surface area contributed by atoms with E-state index in [9.17, 15) is 4.79 Å². The summed E-state index contributed by atoms with van der Waals surface area (Å²) in [4.78, 5) is 12.1. The van der Waals surface area contributed by atoms with Gasteiger partial charge in [-0.2, -0.15) is 5.26 Å². The molecule has 5 heteroatoms. The van der Waals surface area contributed by atoms with Crippen molar-refractivity contribution in [2.75, 3.05) is 10.6 Å². The van der Waals surface area contributed by atoms with Crippen molar-refractivity contribution < 1.29 is 4.79 Å². The van der Waals surface area contributed by atoms with Crippen molar-refractivity contribution in [3.63, 3.8) is 0 Å². The van der Waals surface area contributed by atoms with Crippen LogP contribution in [0.1, 0.15) is 12.5 Å². The lowest BCUT2D eigenvalue weighted by molar-refractivity contribution is -0.116. The van der Waals surface area contributed by atoms with Gasteiger partial charge in [-0.15, -0.1) is 0 Å². The maximum absolute atomic E-state index is 12.1. The number of benzene rings is 2. The molecule has 0 saturated carbocycles. The van der Waals surface area contributed by atoms with E-state index in [1.807, 2.05) is 24.3 Å². The Bertz CT molecular complexity index is 675. The van der Waals surface area contributed by atoms with Crippen LogP contribution in [0.3, 0.4) is 0 Å². The highest BCUT2D eigenvalue weighted by Gasteiger charge is 2.12. The van der Waals surface area contributed by atoms with Gasteiger partial charge in [0.1, 0.15) is 6.04 Å². The van der Waals surface area contributed by atoms with E-state index < -0.39 is 6.04 Å². The van der Waals surface area contributed by atoms with Gasteiger partial charge in [0, 0.05) is 16.4 Å². The Morgan fingerprint density at radius 1 is 1.14 bits per heavy atom. The van der Waals surface area contributed by atoms with Crippen molar-refractivity contribution in [2.45, 2.75) is 19.4 Å². The van der Waals surface area contributed by atoms with Gasteiger partial charge in [0.05, 0.1) is 12.5 Å². The molecule has 1 amide bonds. The molecule has 112 valence electrons. The minimum absolute atomic E-state index is 0.136. The van der Waals surface area contributed by atoms with Crippen molar-refractivity contribution in [3.05, 3.63) is 59.1 Å². The molecule has 0 heterocycles. The zero-order valence-corrected chi connectivity index (χ0v) is 12.9. The van der Waals surface area contributed by atoms with Crippen LogP contribution in [0, 0.1) is 11.3 Å². The fourth-order valence-electron chi connectivity index (χ4n) is 1.91. The van der Waals surface area contributed by atoms with Gasteiger partial charge in [-0.1, -0.05) is 23.7 Å².